The van der Waals surface area contributed by atoms with Crippen LogP contribution in [0.2, 0.25) is 0 Å². The Bertz CT molecular complexity index is 846. The second-order valence-corrected chi connectivity index (χ2v) is 8.50. The molecule has 5 heteroatoms. The zero-order chi connectivity index (χ0) is 15.1. The highest BCUT2D eigenvalue weighted by molar-refractivity contribution is 8.02. The van der Waals surface area contributed by atoms with Crippen LogP contribution in [0.5, 0.6) is 0 Å². The quantitative estimate of drug-likeness (QED) is 0.864. The standard InChI is InChI=1S/C16H17NO2S2/c1-16(10-5-7-14(12-16)20-2)21(18,19)17-11-9-13-6-3-4-8-15(13)17/h3-9,11-12H,10H2,1-2H3. The van der Waals surface area contributed by atoms with E-state index in [1.54, 1.807) is 24.9 Å². The molecule has 0 fully saturated rings. The Morgan fingerprint density at radius 2 is 2.00 bits per heavy atom. The van der Waals surface area contributed by atoms with Crippen molar-refractivity contribution in [2.45, 2.75) is 18.1 Å². The van der Waals surface area contributed by atoms with Gasteiger partial charge in [-0.3, -0.25) is 0 Å². The molecular formula is C16H17NO2S2. The van der Waals surface area contributed by atoms with E-state index in [0.29, 0.717) is 6.42 Å². The summed E-state index contributed by atoms with van der Waals surface area (Å²) in [6.07, 6.45) is 9.88. The maximum Gasteiger partial charge on any atom is 0.248 e. The Labute approximate surface area is 129 Å². The number of benzene rings is 1. The van der Waals surface area contributed by atoms with E-state index in [0.717, 1.165) is 15.8 Å². The fraction of sp³-hybridized carbons (Fsp3) is 0.250. The van der Waals surface area contributed by atoms with Crippen molar-refractivity contribution in [1.29, 1.82) is 0 Å². The van der Waals surface area contributed by atoms with Crippen LogP contribution in [0.4, 0.5) is 0 Å². The van der Waals surface area contributed by atoms with Crippen molar-refractivity contribution in [3.8, 4) is 0 Å². The summed E-state index contributed by atoms with van der Waals surface area (Å²) >= 11 is 1.57. The van der Waals surface area contributed by atoms with Crippen molar-refractivity contribution in [2.75, 3.05) is 6.26 Å². The molecule has 1 atom stereocenters. The molecule has 0 aliphatic heterocycles. The van der Waals surface area contributed by atoms with Crippen LogP contribution in [0.15, 0.2) is 59.7 Å². The molecule has 2 aromatic rings. The maximum absolute atomic E-state index is 13.1. The number of nitrogens with zero attached hydrogens (tertiary/aromatic N) is 1. The highest BCUT2D eigenvalue weighted by Crippen LogP contribution is 2.35. The van der Waals surface area contributed by atoms with Gasteiger partial charge < -0.3 is 0 Å². The summed E-state index contributed by atoms with van der Waals surface area (Å²) in [6.45, 7) is 1.79. The van der Waals surface area contributed by atoms with Crippen molar-refractivity contribution in [1.82, 2.24) is 3.97 Å². The van der Waals surface area contributed by atoms with E-state index in [2.05, 4.69) is 0 Å². The van der Waals surface area contributed by atoms with E-state index in [1.807, 2.05) is 54.8 Å². The van der Waals surface area contributed by atoms with Crippen LogP contribution in [-0.4, -0.2) is 23.4 Å². The SMILES string of the molecule is CSC1=CC(C)(S(=O)(=O)n2ccc3ccccc32)CC=C1. The minimum absolute atomic E-state index is 0.492. The molecule has 1 aromatic carbocycles. The maximum atomic E-state index is 13.1. The zero-order valence-corrected chi connectivity index (χ0v) is 13.6. The average molecular weight is 319 g/mol. The number of hydrogen-bond acceptors (Lipinski definition) is 3. The van der Waals surface area contributed by atoms with Crippen LogP contribution in [-0.2, 0) is 10.0 Å². The van der Waals surface area contributed by atoms with Gasteiger partial charge in [0, 0.05) is 16.5 Å². The van der Waals surface area contributed by atoms with Gasteiger partial charge in [0.1, 0.15) is 4.75 Å². The van der Waals surface area contributed by atoms with Crippen LogP contribution < -0.4 is 0 Å². The van der Waals surface area contributed by atoms with Crippen molar-refractivity contribution >= 4 is 32.7 Å². The smallest absolute Gasteiger partial charge is 0.244 e. The van der Waals surface area contributed by atoms with Gasteiger partial charge in [-0.1, -0.05) is 30.4 Å². The van der Waals surface area contributed by atoms with E-state index >= 15 is 0 Å². The van der Waals surface area contributed by atoms with E-state index in [9.17, 15) is 8.42 Å². The molecule has 110 valence electrons. The Hall–Kier alpha value is -1.46. The molecule has 1 aromatic heterocycles. The molecule has 1 aliphatic rings. The lowest BCUT2D eigenvalue weighted by molar-refractivity contribution is 0.554. The summed E-state index contributed by atoms with van der Waals surface area (Å²) < 4.78 is 26.7. The van der Waals surface area contributed by atoms with Crippen molar-refractivity contribution in [2.24, 2.45) is 0 Å². The first-order valence-electron chi connectivity index (χ1n) is 6.72. The first-order chi connectivity index (χ1) is 9.98. The zero-order valence-electron chi connectivity index (χ0n) is 12.0. The predicted octanol–water partition coefficient (Wildman–Crippen LogP) is 3.78. The largest absolute Gasteiger partial charge is 0.248 e. The third-order valence-corrected chi connectivity index (χ3v) is 6.93. The third-order valence-electron chi connectivity index (χ3n) is 3.90. The van der Waals surface area contributed by atoms with Gasteiger partial charge in [0.2, 0.25) is 10.0 Å². The number of rotatable bonds is 3. The molecule has 0 saturated heterocycles. The van der Waals surface area contributed by atoms with Gasteiger partial charge >= 0.3 is 0 Å². The Kier molecular flexibility index (Phi) is 3.50. The van der Waals surface area contributed by atoms with E-state index in [-0.39, 0.29) is 0 Å². The second kappa shape index (κ2) is 5.07. The topological polar surface area (TPSA) is 39.1 Å². The number of fused-ring (bicyclic) bond motifs is 1. The first-order valence-corrected chi connectivity index (χ1v) is 9.39. The van der Waals surface area contributed by atoms with Gasteiger partial charge in [-0.2, -0.15) is 0 Å². The lowest BCUT2D eigenvalue weighted by atomic mass is 10.0. The van der Waals surface area contributed by atoms with Crippen molar-refractivity contribution < 1.29 is 8.42 Å². The minimum Gasteiger partial charge on any atom is -0.244 e. The molecule has 1 unspecified atom stereocenters. The average Bonchev–Trinajstić information content (AvgIpc) is 2.91. The van der Waals surface area contributed by atoms with Crippen LogP contribution in [0, 0.1) is 0 Å². The number of thioether (sulfide) groups is 1. The molecule has 0 bridgehead atoms. The van der Waals surface area contributed by atoms with E-state index < -0.39 is 14.8 Å². The molecular weight excluding hydrogens is 302 g/mol. The summed E-state index contributed by atoms with van der Waals surface area (Å²) in [5.74, 6) is 0. The van der Waals surface area contributed by atoms with Crippen LogP contribution >= 0.6 is 11.8 Å². The normalized spacial score (nSPS) is 22.5. The van der Waals surface area contributed by atoms with E-state index in [4.69, 9.17) is 0 Å². The number of hydrogen-bond donors (Lipinski definition) is 0. The summed E-state index contributed by atoms with van der Waals surface area (Å²) in [7, 11) is -3.51. The monoisotopic (exact) mass is 319 g/mol. The molecule has 0 saturated carbocycles. The molecule has 0 spiro atoms. The van der Waals surface area contributed by atoms with Gasteiger partial charge in [-0.25, -0.2) is 12.4 Å². The Balaban J connectivity index is 2.17. The molecule has 3 nitrogen and oxygen atoms in total. The molecule has 0 N–H and O–H groups in total. The van der Waals surface area contributed by atoms with Gasteiger partial charge in [-0.05, 0) is 37.8 Å². The van der Waals surface area contributed by atoms with Crippen LogP contribution in [0.1, 0.15) is 13.3 Å². The molecule has 3 rings (SSSR count). The third kappa shape index (κ3) is 2.24. The van der Waals surface area contributed by atoms with Gasteiger partial charge in [0.05, 0.1) is 5.52 Å². The highest BCUT2D eigenvalue weighted by Gasteiger charge is 2.39. The second-order valence-electron chi connectivity index (χ2n) is 5.35. The molecule has 0 radical (unpaired) electrons. The van der Waals surface area contributed by atoms with Crippen LogP contribution in [0.3, 0.4) is 0 Å². The van der Waals surface area contributed by atoms with E-state index in [1.165, 1.54) is 3.97 Å². The molecule has 21 heavy (non-hydrogen) atoms. The Morgan fingerprint density at radius 3 is 2.76 bits per heavy atom. The lowest BCUT2D eigenvalue weighted by Gasteiger charge is -2.28. The first kappa shape index (κ1) is 14.5. The number of aromatic nitrogens is 1. The summed E-state index contributed by atoms with van der Waals surface area (Å²) in [5, 5.41) is 0.935. The molecule has 1 heterocycles. The number of allylic oxidation sites excluding steroid dienone is 2. The predicted molar refractivity (Wildman–Crippen MR) is 90.0 cm³/mol. The molecule has 0 amide bonds. The van der Waals surface area contributed by atoms with Gasteiger partial charge in [0.25, 0.3) is 0 Å². The van der Waals surface area contributed by atoms with Crippen LogP contribution in [0.25, 0.3) is 10.9 Å². The van der Waals surface area contributed by atoms with Crippen molar-refractivity contribution in [3.05, 3.63) is 59.7 Å². The van der Waals surface area contributed by atoms with Gasteiger partial charge in [0.15, 0.2) is 0 Å². The number of para-hydroxylation sites is 1. The fourth-order valence-corrected chi connectivity index (χ4v) is 4.98. The fourth-order valence-electron chi connectivity index (χ4n) is 2.62. The summed E-state index contributed by atoms with van der Waals surface area (Å²) in [4.78, 5) is 0.990. The molecule has 1 aliphatic carbocycles. The lowest BCUT2D eigenvalue weighted by Crippen LogP contribution is -2.38. The summed E-state index contributed by atoms with van der Waals surface area (Å²) in [5.41, 5.74) is 0.729. The highest BCUT2D eigenvalue weighted by atomic mass is 32.2. The minimum atomic E-state index is -3.51. The van der Waals surface area contributed by atoms with Crippen molar-refractivity contribution in [3.63, 3.8) is 0 Å². The summed E-state index contributed by atoms with van der Waals surface area (Å²) in [6, 6.07) is 9.38. The Morgan fingerprint density at radius 1 is 1.24 bits per heavy atom. The van der Waals surface area contributed by atoms with Gasteiger partial charge in [-0.15, -0.1) is 11.8 Å².